The molecule has 2 N–H and O–H groups in total. The molecule has 0 fully saturated rings. The first-order valence-electron chi connectivity index (χ1n) is 6.42. The van der Waals surface area contributed by atoms with Crippen LogP contribution in [0.4, 0.5) is 11.4 Å². The SMILES string of the molecule is CC(C)NC(=O)CCNc1ccc([N+](=O)[O-])c2nonc12. The number of amides is 1. The standard InChI is InChI=1S/C12H15N5O4/c1-7(2)14-10(18)5-6-13-8-3-4-9(17(19)20)12-11(8)15-21-16-12/h3-4,7,13H,5-6H2,1-2H3,(H,14,18). The van der Waals surface area contributed by atoms with Gasteiger partial charge in [0.2, 0.25) is 11.4 Å². The van der Waals surface area contributed by atoms with Gasteiger partial charge in [0.15, 0.2) is 5.52 Å². The summed E-state index contributed by atoms with van der Waals surface area (Å²) >= 11 is 0. The molecule has 112 valence electrons. The number of carbonyl (C=O) groups is 1. The lowest BCUT2D eigenvalue weighted by atomic mass is 10.2. The molecule has 21 heavy (non-hydrogen) atoms. The highest BCUT2D eigenvalue weighted by Gasteiger charge is 2.19. The fourth-order valence-corrected chi connectivity index (χ4v) is 1.85. The molecule has 1 aromatic heterocycles. The molecule has 0 unspecified atom stereocenters. The number of non-ortho nitro benzene ring substituents is 1. The van der Waals surface area contributed by atoms with E-state index in [1.165, 1.54) is 12.1 Å². The summed E-state index contributed by atoms with van der Waals surface area (Å²) < 4.78 is 4.55. The number of anilines is 1. The van der Waals surface area contributed by atoms with Crippen molar-refractivity contribution in [1.82, 2.24) is 15.6 Å². The molecule has 2 aromatic rings. The van der Waals surface area contributed by atoms with E-state index in [9.17, 15) is 14.9 Å². The van der Waals surface area contributed by atoms with Crippen molar-refractivity contribution in [3.63, 3.8) is 0 Å². The highest BCUT2D eigenvalue weighted by atomic mass is 16.6. The minimum absolute atomic E-state index is 0.0751. The maximum atomic E-state index is 11.5. The van der Waals surface area contributed by atoms with Gasteiger partial charge in [-0.2, -0.15) is 0 Å². The lowest BCUT2D eigenvalue weighted by Crippen LogP contribution is -2.31. The van der Waals surface area contributed by atoms with Gasteiger partial charge in [-0.05, 0) is 30.2 Å². The average molecular weight is 293 g/mol. The number of fused-ring (bicyclic) bond motifs is 1. The number of nitro groups is 1. The predicted molar refractivity (Wildman–Crippen MR) is 74.8 cm³/mol. The van der Waals surface area contributed by atoms with Crippen LogP contribution in [-0.4, -0.2) is 33.7 Å². The van der Waals surface area contributed by atoms with Gasteiger partial charge in [0.1, 0.15) is 0 Å². The Morgan fingerprint density at radius 1 is 1.38 bits per heavy atom. The van der Waals surface area contributed by atoms with Gasteiger partial charge in [-0.3, -0.25) is 14.9 Å². The molecule has 0 spiro atoms. The molecule has 0 radical (unpaired) electrons. The Kier molecular flexibility index (Phi) is 4.31. The Bertz CT molecular complexity index is 667. The number of carbonyl (C=O) groups excluding carboxylic acids is 1. The maximum absolute atomic E-state index is 11.5. The monoisotopic (exact) mass is 293 g/mol. The number of nitro benzene ring substituents is 1. The zero-order valence-electron chi connectivity index (χ0n) is 11.6. The van der Waals surface area contributed by atoms with Crippen LogP contribution in [0.1, 0.15) is 20.3 Å². The number of hydrogen-bond donors (Lipinski definition) is 2. The van der Waals surface area contributed by atoms with Crippen LogP contribution in [0.5, 0.6) is 0 Å². The maximum Gasteiger partial charge on any atom is 0.300 e. The van der Waals surface area contributed by atoms with Gasteiger partial charge >= 0.3 is 5.69 Å². The molecule has 1 amide bonds. The van der Waals surface area contributed by atoms with Gasteiger partial charge in [-0.1, -0.05) is 0 Å². The van der Waals surface area contributed by atoms with Gasteiger partial charge in [-0.25, -0.2) is 4.63 Å². The summed E-state index contributed by atoms with van der Waals surface area (Å²) in [6, 6.07) is 2.93. The van der Waals surface area contributed by atoms with Gasteiger partial charge in [-0.15, -0.1) is 0 Å². The highest BCUT2D eigenvalue weighted by Crippen LogP contribution is 2.28. The van der Waals surface area contributed by atoms with Gasteiger partial charge in [0.05, 0.1) is 10.6 Å². The van der Waals surface area contributed by atoms with E-state index in [0.29, 0.717) is 12.2 Å². The number of aromatic nitrogens is 2. The minimum atomic E-state index is -0.549. The van der Waals surface area contributed by atoms with Crippen molar-refractivity contribution in [2.24, 2.45) is 0 Å². The summed E-state index contributed by atoms with van der Waals surface area (Å²) in [5.74, 6) is -0.0751. The molecule has 0 saturated heterocycles. The Balaban J connectivity index is 2.06. The number of benzene rings is 1. The first-order valence-corrected chi connectivity index (χ1v) is 6.42. The lowest BCUT2D eigenvalue weighted by Gasteiger charge is -2.09. The van der Waals surface area contributed by atoms with Crippen LogP contribution in [0.2, 0.25) is 0 Å². The van der Waals surface area contributed by atoms with Crippen LogP contribution < -0.4 is 10.6 Å². The van der Waals surface area contributed by atoms with Crippen molar-refractivity contribution in [2.45, 2.75) is 26.3 Å². The molecule has 0 aliphatic heterocycles. The molecule has 9 heteroatoms. The van der Waals surface area contributed by atoms with E-state index >= 15 is 0 Å². The highest BCUT2D eigenvalue weighted by molar-refractivity contribution is 5.93. The summed E-state index contributed by atoms with van der Waals surface area (Å²) in [7, 11) is 0. The van der Waals surface area contributed by atoms with Crippen molar-refractivity contribution in [3.05, 3.63) is 22.2 Å². The molecule has 0 atom stereocenters. The Morgan fingerprint density at radius 2 is 2.10 bits per heavy atom. The second-order valence-corrected chi connectivity index (χ2v) is 4.75. The summed E-state index contributed by atoms with van der Waals surface area (Å²) in [4.78, 5) is 21.8. The van der Waals surface area contributed by atoms with Crippen molar-refractivity contribution < 1.29 is 14.3 Å². The van der Waals surface area contributed by atoms with E-state index in [2.05, 4.69) is 25.6 Å². The third-order valence-electron chi connectivity index (χ3n) is 2.71. The molecule has 1 aromatic carbocycles. The second kappa shape index (κ2) is 6.16. The quantitative estimate of drug-likeness (QED) is 0.610. The number of nitrogens with zero attached hydrogens (tertiary/aromatic N) is 3. The first kappa shape index (κ1) is 14.7. The van der Waals surface area contributed by atoms with E-state index in [1.807, 2.05) is 13.8 Å². The lowest BCUT2D eigenvalue weighted by molar-refractivity contribution is -0.383. The van der Waals surface area contributed by atoms with E-state index in [1.54, 1.807) is 0 Å². The van der Waals surface area contributed by atoms with Crippen LogP contribution in [0.15, 0.2) is 16.8 Å². The topological polar surface area (TPSA) is 123 Å². The van der Waals surface area contributed by atoms with E-state index in [4.69, 9.17) is 0 Å². The van der Waals surface area contributed by atoms with Crippen LogP contribution >= 0.6 is 0 Å². The van der Waals surface area contributed by atoms with Gasteiger partial charge < -0.3 is 10.6 Å². The smallest absolute Gasteiger partial charge is 0.300 e. The van der Waals surface area contributed by atoms with Crippen molar-refractivity contribution >= 4 is 28.3 Å². The minimum Gasteiger partial charge on any atom is -0.383 e. The fraction of sp³-hybridized carbons (Fsp3) is 0.417. The Labute approximate surface area is 119 Å². The summed E-state index contributed by atoms with van der Waals surface area (Å²) in [6.07, 6.45) is 0.280. The molecule has 0 aliphatic rings. The van der Waals surface area contributed by atoms with Crippen molar-refractivity contribution in [3.8, 4) is 0 Å². The van der Waals surface area contributed by atoms with Crippen LogP contribution in [0.3, 0.4) is 0 Å². The molecular formula is C12H15N5O4. The molecule has 9 nitrogen and oxygen atoms in total. The zero-order valence-corrected chi connectivity index (χ0v) is 11.6. The molecule has 0 aliphatic carbocycles. The normalized spacial score (nSPS) is 10.8. The largest absolute Gasteiger partial charge is 0.383 e. The van der Waals surface area contributed by atoms with E-state index < -0.39 is 4.92 Å². The van der Waals surface area contributed by atoms with Crippen molar-refractivity contribution in [1.29, 1.82) is 0 Å². The van der Waals surface area contributed by atoms with E-state index in [0.717, 1.165) is 0 Å². The van der Waals surface area contributed by atoms with E-state index in [-0.39, 0.29) is 35.1 Å². The fourth-order valence-electron chi connectivity index (χ4n) is 1.85. The predicted octanol–water partition coefficient (Wildman–Crippen LogP) is 1.46. The first-order chi connectivity index (χ1) is 9.99. The Hall–Kier alpha value is -2.71. The van der Waals surface area contributed by atoms with Crippen LogP contribution in [0, 0.1) is 10.1 Å². The molecule has 0 saturated carbocycles. The summed E-state index contributed by atoms with van der Waals surface area (Å²) in [5.41, 5.74) is 0.716. The Morgan fingerprint density at radius 3 is 2.76 bits per heavy atom. The van der Waals surface area contributed by atoms with Gasteiger partial charge in [0.25, 0.3) is 0 Å². The summed E-state index contributed by atoms with van der Waals surface area (Å²) in [5, 5.41) is 23.8. The van der Waals surface area contributed by atoms with Crippen LogP contribution in [-0.2, 0) is 4.79 Å². The zero-order chi connectivity index (χ0) is 15.4. The molecular weight excluding hydrogens is 278 g/mol. The molecule has 0 bridgehead atoms. The van der Waals surface area contributed by atoms with Gasteiger partial charge in [0, 0.05) is 25.1 Å². The van der Waals surface area contributed by atoms with Crippen LogP contribution in [0.25, 0.3) is 11.0 Å². The molecule has 1 heterocycles. The summed E-state index contributed by atoms with van der Waals surface area (Å²) in [6.45, 7) is 4.14. The second-order valence-electron chi connectivity index (χ2n) is 4.75. The average Bonchev–Trinajstić information content (AvgIpc) is 2.86. The third-order valence-corrected chi connectivity index (χ3v) is 2.71. The third kappa shape index (κ3) is 3.44. The number of nitrogens with one attached hydrogen (secondary N) is 2. The van der Waals surface area contributed by atoms with Crippen molar-refractivity contribution in [2.75, 3.05) is 11.9 Å². The number of rotatable bonds is 6. The number of hydrogen-bond acceptors (Lipinski definition) is 7. The molecule has 2 rings (SSSR count).